The SMILES string of the molecule is c1ccc(-c2cccc(-n3c4ccccc4c4cc(-c5ccc6c(c5)c5ccccc5n6-c5ccc6ccccc6c5)ccc43)c2)cc1.c1ccc(-n2c3ccccc3c3cc(-c4ccc5c(c4)c4ccccc4n5-c4ccc5ccccc5c4)ccc32)cc1. The molecule has 90 heavy (non-hydrogen) atoms. The van der Waals surface area contributed by atoms with Gasteiger partial charge >= 0.3 is 0 Å². The molecule has 0 aliphatic rings. The predicted molar refractivity (Wildman–Crippen MR) is 382 cm³/mol. The topological polar surface area (TPSA) is 19.7 Å². The van der Waals surface area contributed by atoms with Crippen LogP contribution in [0.1, 0.15) is 0 Å². The number of hydrogen-bond donors (Lipinski definition) is 0. The van der Waals surface area contributed by atoms with Crippen LogP contribution in [0.25, 0.3) is 165 Å². The Hall–Kier alpha value is -12.0. The summed E-state index contributed by atoms with van der Waals surface area (Å²) in [5, 5.41) is 15.1. The molecule has 4 aromatic heterocycles. The number of para-hydroxylation sites is 5. The Kier molecular flexibility index (Phi) is 11.9. The lowest BCUT2D eigenvalue weighted by Crippen LogP contribution is -1.94. The van der Waals surface area contributed by atoms with Gasteiger partial charge in [-0.3, -0.25) is 0 Å². The van der Waals surface area contributed by atoms with Gasteiger partial charge in [0.2, 0.25) is 0 Å². The molecule has 0 saturated heterocycles. The van der Waals surface area contributed by atoms with Gasteiger partial charge in [0.25, 0.3) is 0 Å². The van der Waals surface area contributed by atoms with Crippen LogP contribution in [0.3, 0.4) is 0 Å². The van der Waals surface area contributed by atoms with Gasteiger partial charge in [0, 0.05) is 65.8 Å². The zero-order valence-corrected chi connectivity index (χ0v) is 49.1. The van der Waals surface area contributed by atoms with Gasteiger partial charge in [-0.05, 0) is 176 Å². The number of aromatic nitrogens is 4. The fourth-order valence-corrected chi connectivity index (χ4v) is 14.4. The second kappa shape index (κ2) is 20.9. The molecule has 0 aliphatic carbocycles. The van der Waals surface area contributed by atoms with Crippen molar-refractivity contribution in [3.8, 4) is 56.1 Å². The van der Waals surface area contributed by atoms with Crippen LogP contribution >= 0.6 is 0 Å². The molecule has 19 aromatic rings. The molecule has 0 aliphatic heterocycles. The molecule has 0 bridgehead atoms. The zero-order valence-electron chi connectivity index (χ0n) is 49.1. The number of hydrogen-bond acceptors (Lipinski definition) is 0. The van der Waals surface area contributed by atoms with Crippen molar-refractivity contribution >= 4 is 109 Å². The van der Waals surface area contributed by atoms with Crippen molar-refractivity contribution < 1.29 is 0 Å². The van der Waals surface area contributed by atoms with Crippen LogP contribution in [-0.4, -0.2) is 18.3 Å². The van der Waals surface area contributed by atoms with E-state index in [2.05, 4.69) is 358 Å². The van der Waals surface area contributed by atoms with E-state index in [1.807, 2.05) is 0 Å². The smallest absolute Gasteiger partial charge is 0.0541 e. The Morgan fingerprint density at radius 1 is 0.133 bits per heavy atom. The van der Waals surface area contributed by atoms with E-state index in [1.54, 1.807) is 0 Å². The van der Waals surface area contributed by atoms with Gasteiger partial charge in [-0.15, -0.1) is 0 Å². The van der Waals surface area contributed by atoms with Crippen LogP contribution in [0.4, 0.5) is 0 Å². The van der Waals surface area contributed by atoms with Crippen LogP contribution < -0.4 is 0 Å². The second-order valence-electron chi connectivity index (χ2n) is 23.7. The molecule has 0 fully saturated rings. The monoisotopic (exact) mass is 1140 g/mol. The summed E-state index contributed by atoms with van der Waals surface area (Å²) in [7, 11) is 0. The van der Waals surface area contributed by atoms with E-state index in [1.165, 1.54) is 165 Å². The van der Waals surface area contributed by atoms with Gasteiger partial charge in [0.05, 0.1) is 44.1 Å². The fourth-order valence-electron chi connectivity index (χ4n) is 14.4. The molecule has 0 atom stereocenters. The van der Waals surface area contributed by atoms with Crippen LogP contribution in [0.5, 0.6) is 0 Å². The van der Waals surface area contributed by atoms with Crippen molar-refractivity contribution in [3.63, 3.8) is 0 Å². The normalized spacial score (nSPS) is 11.8. The summed E-state index contributed by atoms with van der Waals surface area (Å²) in [6.45, 7) is 0. The Morgan fingerprint density at radius 3 is 0.811 bits per heavy atom. The molecular weight excluding hydrogens is 1090 g/mol. The third-order valence-corrected chi connectivity index (χ3v) is 18.6. The lowest BCUT2D eigenvalue weighted by atomic mass is 10.0. The summed E-state index contributed by atoms with van der Waals surface area (Å²) in [5.74, 6) is 0. The summed E-state index contributed by atoms with van der Waals surface area (Å²) in [6.07, 6.45) is 0. The van der Waals surface area contributed by atoms with Crippen LogP contribution in [-0.2, 0) is 0 Å². The number of nitrogens with zero attached hydrogens (tertiary/aromatic N) is 4. The van der Waals surface area contributed by atoms with Crippen molar-refractivity contribution in [3.05, 3.63) is 340 Å². The highest BCUT2D eigenvalue weighted by molar-refractivity contribution is 6.15. The molecule has 0 unspecified atom stereocenters. The van der Waals surface area contributed by atoms with Crippen LogP contribution in [0.2, 0.25) is 0 Å². The maximum Gasteiger partial charge on any atom is 0.0541 e. The Bertz CT molecular complexity index is 6030. The number of fused-ring (bicyclic) bond motifs is 14. The molecular formula is C86H56N4. The van der Waals surface area contributed by atoms with Crippen LogP contribution in [0.15, 0.2) is 340 Å². The quantitative estimate of drug-likeness (QED) is 0.152. The summed E-state index contributed by atoms with van der Waals surface area (Å²) in [6, 6.07) is 124. The Balaban J connectivity index is 0.000000135. The van der Waals surface area contributed by atoms with Crippen molar-refractivity contribution in [2.45, 2.75) is 0 Å². The largest absolute Gasteiger partial charge is 0.309 e. The average Bonchev–Trinajstić information content (AvgIpc) is 3.22. The molecule has 0 amide bonds. The van der Waals surface area contributed by atoms with Crippen molar-refractivity contribution in [1.29, 1.82) is 0 Å². The van der Waals surface area contributed by atoms with Crippen LogP contribution in [0, 0.1) is 0 Å². The van der Waals surface area contributed by atoms with Crippen molar-refractivity contribution in [2.75, 3.05) is 0 Å². The predicted octanol–water partition coefficient (Wildman–Crippen LogP) is 23.1. The third-order valence-electron chi connectivity index (χ3n) is 18.6. The molecule has 19 rings (SSSR count). The highest BCUT2D eigenvalue weighted by atomic mass is 15.0. The first-order valence-electron chi connectivity index (χ1n) is 31.0. The minimum absolute atomic E-state index is 1.17. The molecule has 0 N–H and O–H groups in total. The first-order valence-corrected chi connectivity index (χ1v) is 31.0. The number of rotatable bonds is 7. The Labute approximate surface area is 519 Å². The highest BCUT2D eigenvalue weighted by Gasteiger charge is 2.19. The summed E-state index contributed by atoms with van der Waals surface area (Å²) in [4.78, 5) is 0. The standard InChI is InChI=1S/C46H30N2.C40H26N2/c1-2-11-31(12-3-1)34-15-10-16-37(27-34)47-43-19-8-6-17-39(43)41-29-35(22-25-45(41)47)36-23-26-46-42(30-36)40-18-7-9-20-44(40)48(46)38-24-21-32-13-4-5-14-33(32)28-38;1-2-12-31(13-3-1)41-37-16-8-6-14-33(37)35-25-29(19-22-39(35)41)30-20-23-40-36(26-30)34-15-7-9-17-38(34)42(40)32-21-18-27-10-4-5-11-28(27)24-32/h1-30H;1-26H. The Morgan fingerprint density at radius 2 is 0.411 bits per heavy atom. The first-order chi connectivity index (χ1) is 44.6. The lowest BCUT2D eigenvalue weighted by molar-refractivity contribution is 1.18. The maximum absolute atomic E-state index is 2.40. The van der Waals surface area contributed by atoms with Crippen molar-refractivity contribution in [2.24, 2.45) is 0 Å². The minimum Gasteiger partial charge on any atom is -0.309 e. The van der Waals surface area contributed by atoms with E-state index in [0.717, 1.165) is 0 Å². The van der Waals surface area contributed by atoms with E-state index >= 15 is 0 Å². The molecule has 0 saturated carbocycles. The summed E-state index contributed by atoms with van der Waals surface area (Å²) >= 11 is 0. The maximum atomic E-state index is 2.40. The molecule has 4 nitrogen and oxygen atoms in total. The molecule has 420 valence electrons. The molecule has 0 radical (unpaired) electrons. The van der Waals surface area contributed by atoms with Gasteiger partial charge in [-0.25, -0.2) is 0 Å². The summed E-state index contributed by atoms with van der Waals surface area (Å²) in [5.41, 5.74) is 21.8. The lowest BCUT2D eigenvalue weighted by Gasteiger charge is -2.11. The van der Waals surface area contributed by atoms with Gasteiger partial charge in [0.1, 0.15) is 0 Å². The van der Waals surface area contributed by atoms with Gasteiger partial charge in [-0.1, -0.05) is 218 Å². The molecule has 4 heterocycles. The molecule has 4 heteroatoms. The molecule has 15 aromatic carbocycles. The zero-order chi connectivity index (χ0) is 59.2. The molecule has 0 spiro atoms. The highest BCUT2D eigenvalue weighted by Crippen LogP contribution is 2.42. The van der Waals surface area contributed by atoms with E-state index in [-0.39, 0.29) is 0 Å². The number of benzene rings is 15. The summed E-state index contributed by atoms with van der Waals surface area (Å²) < 4.78 is 9.58. The van der Waals surface area contributed by atoms with Crippen molar-refractivity contribution in [1.82, 2.24) is 18.3 Å². The van der Waals surface area contributed by atoms with Gasteiger partial charge < -0.3 is 18.3 Å². The average molecular weight is 1150 g/mol. The van der Waals surface area contributed by atoms with E-state index in [9.17, 15) is 0 Å². The van der Waals surface area contributed by atoms with E-state index in [4.69, 9.17) is 0 Å². The second-order valence-corrected chi connectivity index (χ2v) is 23.7. The minimum atomic E-state index is 1.17. The van der Waals surface area contributed by atoms with E-state index in [0.29, 0.717) is 0 Å². The third kappa shape index (κ3) is 8.38. The fraction of sp³-hybridized carbons (Fsp3) is 0. The van der Waals surface area contributed by atoms with Gasteiger partial charge in [0.15, 0.2) is 0 Å². The first kappa shape index (κ1) is 51.3. The van der Waals surface area contributed by atoms with E-state index < -0.39 is 0 Å². The van der Waals surface area contributed by atoms with Gasteiger partial charge in [-0.2, -0.15) is 0 Å².